The maximum Gasteiger partial charge on any atom is 0.0121 e. The fourth-order valence-electron chi connectivity index (χ4n) is 3.53. The highest BCUT2D eigenvalue weighted by Crippen LogP contribution is 2.36. The van der Waals surface area contributed by atoms with E-state index in [9.17, 15) is 0 Å². The standard InChI is InChI=1S/C15H29N/c1-15(2)12-8-7-11-14(15)16-13-9-5-3-4-6-10-13/h13-14,16H,3-12H2,1-2H3. The maximum atomic E-state index is 3.99. The highest BCUT2D eigenvalue weighted by molar-refractivity contribution is 4.90. The normalized spacial score (nSPS) is 32.2. The van der Waals surface area contributed by atoms with Crippen molar-refractivity contribution in [3.8, 4) is 0 Å². The zero-order valence-corrected chi connectivity index (χ0v) is 11.2. The van der Waals surface area contributed by atoms with Gasteiger partial charge in [0.1, 0.15) is 0 Å². The Labute approximate surface area is 101 Å². The largest absolute Gasteiger partial charge is 0.311 e. The van der Waals surface area contributed by atoms with Crippen LogP contribution >= 0.6 is 0 Å². The minimum absolute atomic E-state index is 0.532. The van der Waals surface area contributed by atoms with Crippen molar-refractivity contribution in [3.63, 3.8) is 0 Å². The molecule has 0 aliphatic heterocycles. The molecule has 2 saturated carbocycles. The van der Waals surface area contributed by atoms with Crippen molar-refractivity contribution >= 4 is 0 Å². The smallest absolute Gasteiger partial charge is 0.0121 e. The molecule has 2 aliphatic rings. The Kier molecular flexibility index (Phi) is 4.29. The van der Waals surface area contributed by atoms with Crippen LogP contribution < -0.4 is 5.32 Å². The average Bonchev–Trinajstić information content (AvgIpc) is 2.49. The monoisotopic (exact) mass is 223 g/mol. The molecule has 0 aromatic heterocycles. The molecule has 2 rings (SSSR count). The van der Waals surface area contributed by atoms with E-state index in [2.05, 4.69) is 19.2 Å². The number of rotatable bonds is 2. The van der Waals surface area contributed by atoms with E-state index in [1.807, 2.05) is 0 Å². The summed E-state index contributed by atoms with van der Waals surface area (Å²) in [6.07, 6.45) is 14.4. The Morgan fingerprint density at radius 1 is 0.812 bits per heavy atom. The van der Waals surface area contributed by atoms with Crippen LogP contribution in [0.5, 0.6) is 0 Å². The van der Waals surface area contributed by atoms with E-state index in [1.165, 1.54) is 64.2 Å². The van der Waals surface area contributed by atoms with E-state index in [4.69, 9.17) is 0 Å². The Hall–Kier alpha value is -0.0400. The quantitative estimate of drug-likeness (QED) is 0.689. The van der Waals surface area contributed by atoms with Crippen LogP contribution in [-0.4, -0.2) is 12.1 Å². The first-order valence-corrected chi connectivity index (χ1v) is 7.44. The molecule has 1 N–H and O–H groups in total. The van der Waals surface area contributed by atoms with Gasteiger partial charge >= 0.3 is 0 Å². The summed E-state index contributed by atoms with van der Waals surface area (Å²) in [5, 5.41) is 3.99. The van der Waals surface area contributed by atoms with E-state index in [-0.39, 0.29) is 0 Å². The van der Waals surface area contributed by atoms with Gasteiger partial charge in [0, 0.05) is 12.1 Å². The summed E-state index contributed by atoms with van der Waals surface area (Å²) in [7, 11) is 0. The van der Waals surface area contributed by atoms with Gasteiger partial charge < -0.3 is 5.32 Å². The van der Waals surface area contributed by atoms with Gasteiger partial charge in [0.25, 0.3) is 0 Å². The summed E-state index contributed by atoms with van der Waals surface area (Å²) >= 11 is 0. The molecule has 0 spiro atoms. The second-order valence-electron chi connectivity index (χ2n) is 6.64. The Morgan fingerprint density at radius 3 is 2.06 bits per heavy atom. The molecule has 94 valence electrons. The van der Waals surface area contributed by atoms with Gasteiger partial charge in [-0.1, -0.05) is 52.4 Å². The van der Waals surface area contributed by atoms with Gasteiger partial charge in [0.2, 0.25) is 0 Å². The third kappa shape index (κ3) is 3.23. The molecular formula is C15H29N. The van der Waals surface area contributed by atoms with Crippen LogP contribution in [0.1, 0.15) is 78.1 Å². The molecule has 1 nitrogen and oxygen atoms in total. The number of hydrogen-bond donors (Lipinski definition) is 1. The van der Waals surface area contributed by atoms with Gasteiger partial charge in [-0.3, -0.25) is 0 Å². The maximum absolute atomic E-state index is 3.99. The fourth-order valence-corrected chi connectivity index (χ4v) is 3.53. The van der Waals surface area contributed by atoms with Crippen LogP contribution in [0, 0.1) is 5.41 Å². The van der Waals surface area contributed by atoms with Gasteiger partial charge in [-0.15, -0.1) is 0 Å². The summed E-state index contributed by atoms with van der Waals surface area (Å²) in [4.78, 5) is 0. The van der Waals surface area contributed by atoms with Crippen LogP contribution in [0.15, 0.2) is 0 Å². The molecule has 1 atom stereocenters. The second-order valence-corrected chi connectivity index (χ2v) is 6.64. The zero-order valence-electron chi connectivity index (χ0n) is 11.2. The first-order valence-electron chi connectivity index (χ1n) is 7.44. The Balaban J connectivity index is 1.86. The summed E-state index contributed by atoms with van der Waals surface area (Å²) in [5.41, 5.74) is 0.532. The lowest BCUT2D eigenvalue weighted by atomic mass is 9.73. The van der Waals surface area contributed by atoms with E-state index in [0.29, 0.717) is 5.41 Å². The van der Waals surface area contributed by atoms with Crippen LogP contribution in [0.25, 0.3) is 0 Å². The van der Waals surface area contributed by atoms with Crippen molar-refractivity contribution in [2.75, 3.05) is 0 Å². The van der Waals surface area contributed by atoms with E-state index in [1.54, 1.807) is 0 Å². The molecule has 0 amide bonds. The highest BCUT2D eigenvalue weighted by Gasteiger charge is 2.33. The third-order valence-corrected chi connectivity index (χ3v) is 4.80. The van der Waals surface area contributed by atoms with Gasteiger partial charge in [-0.2, -0.15) is 0 Å². The topological polar surface area (TPSA) is 12.0 Å². The van der Waals surface area contributed by atoms with Gasteiger partial charge in [0.15, 0.2) is 0 Å². The van der Waals surface area contributed by atoms with Crippen molar-refractivity contribution in [2.45, 2.75) is 90.1 Å². The van der Waals surface area contributed by atoms with Crippen molar-refractivity contribution in [2.24, 2.45) is 5.41 Å². The molecule has 0 bridgehead atoms. The number of nitrogens with one attached hydrogen (secondary N) is 1. The molecule has 1 heteroatoms. The van der Waals surface area contributed by atoms with Crippen LogP contribution in [0.2, 0.25) is 0 Å². The Bertz CT molecular complexity index is 201. The molecule has 2 fully saturated rings. The van der Waals surface area contributed by atoms with Crippen molar-refractivity contribution < 1.29 is 0 Å². The van der Waals surface area contributed by atoms with E-state index in [0.717, 1.165) is 12.1 Å². The first-order chi connectivity index (χ1) is 7.68. The summed E-state index contributed by atoms with van der Waals surface area (Å²) in [6.45, 7) is 4.92. The molecule has 0 heterocycles. The van der Waals surface area contributed by atoms with Gasteiger partial charge in [-0.05, 0) is 31.1 Å². The molecule has 0 aromatic carbocycles. The van der Waals surface area contributed by atoms with E-state index < -0.39 is 0 Å². The van der Waals surface area contributed by atoms with Crippen LogP contribution in [0.4, 0.5) is 0 Å². The fraction of sp³-hybridized carbons (Fsp3) is 1.00. The van der Waals surface area contributed by atoms with Crippen molar-refractivity contribution in [3.05, 3.63) is 0 Å². The lowest BCUT2D eigenvalue weighted by molar-refractivity contribution is 0.151. The molecule has 0 saturated heterocycles. The summed E-state index contributed by atoms with van der Waals surface area (Å²) in [5.74, 6) is 0. The molecule has 2 aliphatic carbocycles. The SMILES string of the molecule is CC1(C)CCCCC1NC1CCCCCC1. The lowest BCUT2D eigenvalue weighted by Crippen LogP contribution is -2.48. The minimum Gasteiger partial charge on any atom is -0.311 e. The molecule has 16 heavy (non-hydrogen) atoms. The molecule has 1 unspecified atom stereocenters. The predicted octanol–water partition coefficient (Wildman–Crippen LogP) is 4.27. The van der Waals surface area contributed by atoms with Crippen molar-refractivity contribution in [1.82, 2.24) is 5.32 Å². The Morgan fingerprint density at radius 2 is 1.44 bits per heavy atom. The lowest BCUT2D eigenvalue weighted by Gasteiger charge is -2.41. The number of hydrogen-bond acceptors (Lipinski definition) is 1. The first kappa shape index (κ1) is 12.4. The van der Waals surface area contributed by atoms with Gasteiger partial charge in [-0.25, -0.2) is 0 Å². The van der Waals surface area contributed by atoms with E-state index >= 15 is 0 Å². The molecular weight excluding hydrogens is 194 g/mol. The predicted molar refractivity (Wildman–Crippen MR) is 70.7 cm³/mol. The summed E-state index contributed by atoms with van der Waals surface area (Å²) in [6, 6.07) is 1.61. The zero-order chi connectivity index (χ0) is 11.4. The second kappa shape index (κ2) is 5.53. The summed E-state index contributed by atoms with van der Waals surface area (Å²) < 4.78 is 0. The van der Waals surface area contributed by atoms with Crippen LogP contribution in [-0.2, 0) is 0 Å². The average molecular weight is 223 g/mol. The molecule has 0 radical (unpaired) electrons. The molecule has 0 aromatic rings. The van der Waals surface area contributed by atoms with Crippen molar-refractivity contribution in [1.29, 1.82) is 0 Å². The highest BCUT2D eigenvalue weighted by atomic mass is 15.0. The van der Waals surface area contributed by atoms with Crippen LogP contribution in [0.3, 0.4) is 0 Å². The minimum atomic E-state index is 0.532. The van der Waals surface area contributed by atoms with Gasteiger partial charge in [0.05, 0.1) is 0 Å². The third-order valence-electron chi connectivity index (χ3n) is 4.80.